The highest BCUT2D eigenvalue weighted by Gasteiger charge is 2.47. The van der Waals surface area contributed by atoms with Gasteiger partial charge in [0.1, 0.15) is 6.61 Å². The molecule has 2 aliphatic heterocycles. The van der Waals surface area contributed by atoms with Crippen molar-refractivity contribution in [2.24, 2.45) is 5.92 Å². The molecule has 2 saturated heterocycles. The molecule has 5 nitrogen and oxygen atoms in total. The molecule has 5 heteroatoms. The second kappa shape index (κ2) is 7.85. The summed E-state index contributed by atoms with van der Waals surface area (Å²) in [5, 5.41) is 9.37. The molecule has 0 N–H and O–H groups in total. The Labute approximate surface area is 182 Å². The molecule has 2 atom stereocenters. The van der Waals surface area contributed by atoms with E-state index >= 15 is 0 Å². The Balaban J connectivity index is 1.22. The van der Waals surface area contributed by atoms with E-state index in [4.69, 9.17) is 4.74 Å². The van der Waals surface area contributed by atoms with Crippen LogP contribution in [0.1, 0.15) is 60.0 Å². The fourth-order valence-electron chi connectivity index (χ4n) is 5.26. The van der Waals surface area contributed by atoms with Gasteiger partial charge in [-0.1, -0.05) is 54.6 Å². The average molecular weight is 415 g/mol. The van der Waals surface area contributed by atoms with Crippen LogP contribution in [0.15, 0.2) is 54.6 Å². The van der Waals surface area contributed by atoms with Gasteiger partial charge >= 0.3 is 6.09 Å². The number of hydrogen-bond donors (Lipinski definition) is 0. The second-order valence-corrected chi connectivity index (χ2v) is 9.14. The Morgan fingerprint density at radius 1 is 1.00 bits per heavy atom. The number of fused-ring (bicyclic) bond motifs is 2. The molecular weight excluding hydrogens is 388 g/mol. The van der Waals surface area contributed by atoms with E-state index < -0.39 is 0 Å². The number of hydrogen-bond acceptors (Lipinski definition) is 4. The standard InChI is InChI=1S/C26H26N2O3/c27-17-26(12-13-26)21-8-6-19(7-9-21)24(29)20-14-22-10-11-23(15-20)28(22)25(30)31-16-18-4-2-1-3-5-18/h1-9,20,22-23H,10-16H2. The third-order valence-corrected chi connectivity index (χ3v) is 7.21. The molecule has 2 unspecified atom stereocenters. The number of ether oxygens (including phenoxy) is 1. The number of carbonyl (C=O) groups excluding carboxylic acids is 2. The largest absolute Gasteiger partial charge is 0.445 e. The third-order valence-electron chi connectivity index (χ3n) is 7.21. The van der Waals surface area contributed by atoms with E-state index in [1.165, 1.54) is 0 Å². The second-order valence-electron chi connectivity index (χ2n) is 9.14. The molecule has 3 fully saturated rings. The van der Waals surface area contributed by atoms with Crippen molar-refractivity contribution in [3.63, 3.8) is 0 Å². The van der Waals surface area contributed by atoms with Gasteiger partial charge in [-0.25, -0.2) is 4.79 Å². The minimum atomic E-state index is -0.327. The number of rotatable bonds is 5. The first-order chi connectivity index (χ1) is 15.1. The van der Waals surface area contributed by atoms with Crippen LogP contribution in [0.5, 0.6) is 0 Å². The van der Waals surface area contributed by atoms with Crippen molar-refractivity contribution < 1.29 is 14.3 Å². The fourth-order valence-corrected chi connectivity index (χ4v) is 5.26. The molecule has 5 rings (SSSR count). The van der Waals surface area contributed by atoms with E-state index in [1.54, 1.807) is 0 Å². The lowest BCUT2D eigenvalue weighted by Gasteiger charge is -2.37. The number of nitriles is 1. The van der Waals surface area contributed by atoms with Gasteiger partial charge < -0.3 is 9.64 Å². The number of Topliss-reactive ketones (excluding diaryl/α,β-unsaturated/α-hetero) is 1. The summed E-state index contributed by atoms with van der Waals surface area (Å²) in [5.41, 5.74) is 2.37. The number of carbonyl (C=O) groups is 2. The van der Waals surface area contributed by atoms with E-state index in [9.17, 15) is 14.9 Å². The smallest absolute Gasteiger partial charge is 0.410 e. The minimum absolute atomic E-state index is 0.0626. The molecule has 31 heavy (non-hydrogen) atoms. The Bertz CT molecular complexity index is 1010. The van der Waals surface area contributed by atoms with Crippen LogP contribution >= 0.6 is 0 Å². The van der Waals surface area contributed by atoms with Crippen molar-refractivity contribution in [3.8, 4) is 6.07 Å². The first-order valence-electron chi connectivity index (χ1n) is 11.1. The van der Waals surface area contributed by atoms with Crippen molar-refractivity contribution in [2.75, 3.05) is 0 Å². The topological polar surface area (TPSA) is 70.4 Å². The van der Waals surface area contributed by atoms with Crippen molar-refractivity contribution in [1.82, 2.24) is 4.90 Å². The van der Waals surface area contributed by atoms with E-state index in [-0.39, 0.29) is 41.9 Å². The van der Waals surface area contributed by atoms with Crippen LogP contribution < -0.4 is 0 Å². The average Bonchev–Trinajstić information content (AvgIpc) is 3.57. The lowest BCUT2D eigenvalue weighted by molar-refractivity contribution is 0.0485. The Morgan fingerprint density at radius 3 is 2.23 bits per heavy atom. The van der Waals surface area contributed by atoms with Crippen LogP contribution in [0.25, 0.3) is 0 Å². The first-order valence-corrected chi connectivity index (χ1v) is 11.1. The molecule has 2 aromatic rings. The minimum Gasteiger partial charge on any atom is -0.445 e. The molecule has 0 spiro atoms. The molecule has 158 valence electrons. The number of piperidine rings is 1. The predicted octanol–water partition coefficient (Wildman–Crippen LogP) is 5.00. The number of benzene rings is 2. The van der Waals surface area contributed by atoms with Crippen LogP contribution in [0.2, 0.25) is 0 Å². The summed E-state index contributed by atoms with van der Waals surface area (Å²) in [7, 11) is 0. The summed E-state index contributed by atoms with van der Waals surface area (Å²) < 4.78 is 5.57. The van der Waals surface area contributed by atoms with Crippen LogP contribution in [0, 0.1) is 17.2 Å². The molecule has 2 bridgehead atoms. The quantitative estimate of drug-likeness (QED) is 0.645. The molecule has 1 amide bonds. The van der Waals surface area contributed by atoms with Crippen LogP contribution in [0.3, 0.4) is 0 Å². The van der Waals surface area contributed by atoms with E-state index in [0.717, 1.165) is 36.8 Å². The Hall–Kier alpha value is -3.13. The highest BCUT2D eigenvalue weighted by Crippen LogP contribution is 2.47. The van der Waals surface area contributed by atoms with Gasteiger partial charge in [0, 0.05) is 23.6 Å². The SMILES string of the molecule is N#CC1(c2ccc(C(=O)C3CC4CCC(C3)N4C(=O)OCc3ccccc3)cc2)CC1. The summed E-state index contributed by atoms with van der Waals surface area (Å²) in [5.74, 6) is 0.0925. The zero-order valence-electron chi connectivity index (χ0n) is 17.5. The van der Waals surface area contributed by atoms with Crippen molar-refractivity contribution in [3.05, 3.63) is 71.3 Å². The van der Waals surface area contributed by atoms with Gasteiger partial charge in [0.05, 0.1) is 11.5 Å². The summed E-state index contributed by atoms with van der Waals surface area (Å²) in [4.78, 5) is 27.8. The van der Waals surface area contributed by atoms with Crippen molar-refractivity contribution in [1.29, 1.82) is 5.26 Å². The summed E-state index contributed by atoms with van der Waals surface area (Å²) >= 11 is 0. The van der Waals surface area contributed by atoms with Crippen LogP contribution in [-0.2, 0) is 16.8 Å². The predicted molar refractivity (Wildman–Crippen MR) is 115 cm³/mol. The molecule has 1 aliphatic carbocycles. The molecular formula is C26H26N2O3. The summed E-state index contributed by atoms with van der Waals surface area (Å²) in [6.45, 7) is 0.272. The molecule has 0 radical (unpaired) electrons. The highest BCUT2D eigenvalue weighted by molar-refractivity contribution is 5.98. The summed E-state index contributed by atoms with van der Waals surface area (Å²) in [6.07, 6.45) is 4.78. The van der Waals surface area contributed by atoms with Crippen molar-refractivity contribution >= 4 is 11.9 Å². The van der Waals surface area contributed by atoms with Gasteiger partial charge in [-0.05, 0) is 49.7 Å². The van der Waals surface area contributed by atoms with E-state index in [2.05, 4.69) is 6.07 Å². The van der Waals surface area contributed by atoms with Gasteiger partial charge in [-0.2, -0.15) is 5.26 Å². The number of ketones is 1. The third kappa shape index (κ3) is 3.72. The molecule has 3 aliphatic rings. The van der Waals surface area contributed by atoms with Gasteiger partial charge in [-0.15, -0.1) is 0 Å². The van der Waals surface area contributed by atoms with Crippen molar-refractivity contribution in [2.45, 2.75) is 62.6 Å². The summed E-state index contributed by atoms with van der Waals surface area (Å²) in [6, 6.07) is 19.9. The van der Waals surface area contributed by atoms with Gasteiger partial charge in [-0.3, -0.25) is 4.79 Å². The lowest BCUT2D eigenvalue weighted by atomic mass is 9.84. The van der Waals surface area contributed by atoms with Gasteiger partial charge in [0.15, 0.2) is 5.78 Å². The highest BCUT2D eigenvalue weighted by atomic mass is 16.6. The molecule has 2 heterocycles. The maximum Gasteiger partial charge on any atom is 0.410 e. The first kappa shape index (κ1) is 19.8. The molecule has 1 saturated carbocycles. The fraction of sp³-hybridized carbons (Fsp3) is 0.423. The van der Waals surface area contributed by atoms with Crippen LogP contribution in [-0.4, -0.2) is 28.9 Å². The van der Waals surface area contributed by atoms with Crippen LogP contribution in [0.4, 0.5) is 4.79 Å². The zero-order valence-corrected chi connectivity index (χ0v) is 17.5. The van der Waals surface area contributed by atoms with E-state index in [0.29, 0.717) is 18.4 Å². The molecule has 0 aromatic heterocycles. The number of nitrogens with zero attached hydrogens (tertiary/aromatic N) is 2. The Morgan fingerprint density at radius 2 is 1.65 bits per heavy atom. The van der Waals surface area contributed by atoms with Gasteiger partial charge in [0.2, 0.25) is 0 Å². The molecule has 2 aromatic carbocycles. The zero-order chi connectivity index (χ0) is 21.4. The maximum atomic E-state index is 13.2. The normalized spacial score (nSPS) is 25.5. The Kier molecular flexibility index (Phi) is 5.02. The van der Waals surface area contributed by atoms with E-state index in [1.807, 2.05) is 59.5 Å². The lowest BCUT2D eigenvalue weighted by Crippen LogP contribution is -2.48. The maximum absolute atomic E-state index is 13.2. The van der Waals surface area contributed by atoms with Gasteiger partial charge in [0.25, 0.3) is 0 Å². The number of amides is 1. The monoisotopic (exact) mass is 414 g/mol.